The van der Waals surface area contributed by atoms with Gasteiger partial charge in [0.25, 0.3) is 0 Å². The van der Waals surface area contributed by atoms with E-state index in [1.807, 2.05) is 36.7 Å². The predicted octanol–water partition coefficient (Wildman–Crippen LogP) is 3.63. The molecule has 1 N–H and O–H groups in total. The molecule has 1 fully saturated rings. The molecule has 0 unspecified atom stereocenters. The van der Waals surface area contributed by atoms with E-state index in [1.165, 1.54) is 24.8 Å². The Bertz CT molecular complexity index is 812. The van der Waals surface area contributed by atoms with E-state index >= 15 is 0 Å². The summed E-state index contributed by atoms with van der Waals surface area (Å²) in [6, 6.07) is 12.2. The third kappa shape index (κ3) is 3.15. The molecule has 0 spiro atoms. The van der Waals surface area contributed by atoms with Crippen LogP contribution in [0.25, 0.3) is 10.9 Å². The number of benzene rings is 1. The average molecular weight is 319 g/mol. The number of fused-ring (bicyclic) bond motifs is 1. The Hall–Kier alpha value is -2.69. The molecule has 1 saturated heterocycles. The van der Waals surface area contributed by atoms with Gasteiger partial charge in [0, 0.05) is 32.0 Å². The Morgan fingerprint density at radius 3 is 2.62 bits per heavy atom. The van der Waals surface area contributed by atoms with Crippen molar-refractivity contribution in [1.82, 2.24) is 15.0 Å². The van der Waals surface area contributed by atoms with Gasteiger partial charge in [-0.25, -0.2) is 15.0 Å². The van der Waals surface area contributed by atoms with E-state index in [4.69, 9.17) is 0 Å². The summed E-state index contributed by atoms with van der Waals surface area (Å²) in [6.45, 7) is 2.86. The fourth-order valence-electron chi connectivity index (χ4n) is 3.16. The Morgan fingerprint density at radius 2 is 1.79 bits per heavy atom. The molecule has 0 radical (unpaired) electrons. The van der Waals surface area contributed by atoms with E-state index in [1.54, 1.807) is 0 Å². The van der Waals surface area contributed by atoms with Crippen molar-refractivity contribution in [2.75, 3.05) is 23.3 Å². The van der Waals surface area contributed by atoms with Crippen molar-refractivity contribution in [3.63, 3.8) is 0 Å². The Labute approximate surface area is 141 Å². The van der Waals surface area contributed by atoms with E-state index in [9.17, 15) is 0 Å². The van der Waals surface area contributed by atoms with Crippen molar-refractivity contribution < 1.29 is 0 Å². The largest absolute Gasteiger partial charge is 0.356 e. The van der Waals surface area contributed by atoms with Gasteiger partial charge in [0.15, 0.2) is 0 Å². The van der Waals surface area contributed by atoms with Crippen molar-refractivity contribution in [3.8, 4) is 0 Å². The first-order valence-corrected chi connectivity index (χ1v) is 8.55. The maximum absolute atomic E-state index is 4.66. The molecule has 1 aliphatic heterocycles. The molecule has 0 aliphatic carbocycles. The molecular formula is C19H21N5. The van der Waals surface area contributed by atoms with Gasteiger partial charge in [-0.15, -0.1) is 0 Å². The number of hydrogen-bond donors (Lipinski definition) is 1. The summed E-state index contributed by atoms with van der Waals surface area (Å²) in [4.78, 5) is 16.1. The number of nitrogens with one attached hydrogen (secondary N) is 1. The molecule has 0 atom stereocenters. The first-order chi connectivity index (χ1) is 11.9. The van der Waals surface area contributed by atoms with E-state index < -0.39 is 0 Å². The minimum Gasteiger partial charge on any atom is -0.356 e. The van der Waals surface area contributed by atoms with Crippen LogP contribution in [0.2, 0.25) is 0 Å². The maximum atomic E-state index is 4.66. The molecular weight excluding hydrogens is 298 g/mol. The number of pyridine rings is 1. The van der Waals surface area contributed by atoms with Crippen molar-refractivity contribution in [1.29, 1.82) is 0 Å². The number of nitrogens with zero attached hydrogens (tertiary/aromatic N) is 4. The lowest BCUT2D eigenvalue weighted by Crippen LogP contribution is -2.30. The van der Waals surface area contributed by atoms with Crippen LogP contribution in [0.15, 0.2) is 48.8 Å². The zero-order chi connectivity index (χ0) is 16.2. The fourth-order valence-corrected chi connectivity index (χ4v) is 3.16. The van der Waals surface area contributed by atoms with Crippen LogP contribution in [0.1, 0.15) is 24.8 Å². The molecule has 24 heavy (non-hydrogen) atoms. The summed E-state index contributed by atoms with van der Waals surface area (Å²) in [5, 5.41) is 4.33. The minimum atomic E-state index is 0.655. The van der Waals surface area contributed by atoms with Crippen molar-refractivity contribution in [2.45, 2.75) is 25.8 Å². The second-order valence-electron chi connectivity index (χ2n) is 6.15. The van der Waals surface area contributed by atoms with Crippen LogP contribution in [0, 0.1) is 0 Å². The Morgan fingerprint density at radius 1 is 0.958 bits per heavy atom. The van der Waals surface area contributed by atoms with E-state index in [0.717, 1.165) is 36.4 Å². The molecule has 0 amide bonds. The molecule has 0 saturated carbocycles. The quantitative estimate of drug-likeness (QED) is 0.796. The lowest BCUT2D eigenvalue weighted by molar-refractivity contribution is 0.575. The second-order valence-corrected chi connectivity index (χ2v) is 6.15. The Balaban J connectivity index is 1.57. The van der Waals surface area contributed by atoms with Crippen molar-refractivity contribution in [3.05, 3.63) is 54.4 Å². The SMILES string of the molecule is c1ccc(CNc2ncc3c(N4CCCCC4)nccc3n2)cc1. The molecule has 3 heterocycles. The standard InChI is InChI=1S/C19H21N5/c1-3-7-15(8-4-1)13-21-19-22-14-16-17(23-19)9-10-20-18(16)24-11-5-2-6-12-24/h1,3-4,7-10,14H,2,5-6,11-13H2,(H,21,22,23). The lowest BCUT2D eigenvalue weighted by atomic mass is 10.1. The summed E-state index contributed by atoms with van der Waals surface area (Å²) >= 11 is 0. The first kappa shape index (κ1) is 14.9. The van der Waals surface area contributed by atoms with Gasteiger partial charge in [-0.2, -0.15) is 0 Å². The second kappa shape index (κ2) is 6.83. The third-order valence-corrected chi connectivity index (χ3v) is 4.44. The van der Waals surface area contributed by atoms with Crippen molar-refractivity contribution in [2.24, 2.45) is 0 Å². The summed E-state index contributed by atoms with van der Waals surface area (Å²) in [7, 11) is 0. The fraction of sp³-hybridized carbons (Fsp3) is 0.316. The molecule has 5 nitrogen and oxygen atoms in total. The lowest BCUT2D eigenvalue weighted by Gasteiger charge is -2.28. The highest BCUT2D eigenvalue weighted by molar-refractivity contribution is 5.89. The van der Waals surface area contributed by atoms with Gasteiger partial charge in [0.05, 0.1) is 10.9 Å². The molecule has 1 aromatic carbocycles. The normalized spacial score (nSPS) is 14.8. The van der Waals surface area contributed by atoms with Gasteiger partial charge < -0.3 is 10.2 Å². The zero-order valence-corrected chi connectivity index (χ0v) is 13.7. The van der Waals surface area contributed by atoms with Crippen LogP contribution in [-0.4, -0.2) is 28.0 Å². The highest BCUT2D eigenvalue weighted by Crippen LogP contribution is 2.25. The van der Waals surface area contributed by atoms with E-state index in [2.05, 4.69) is 37.3 Å². The van der Waals surface area contributed by atoms with Crippen LogP contribution >= 0.6 is 0 Å². The number of rotatable bonds is 4. The number of hydrogen-bond acceptors (Lipinski definition) is 5. The summed E-state index contributed by atoms with van der Waals surface area (Å²) in [5.74, 6) is 1.67. The van der Waals surface area contributed by atoms with E-state index in [-0.39, 0.29) is 0 Å². The van der Waals surface area contributed by atoms with Gasteiger partial charge in [-0.05, 0) is 30.9 Å². The smallest absolute Gasteiger partial charge is 0.223 e. The van der Waals surface area contributed by atoms with Gasteiger partial charge >= 0.3 is 0 Å². The highest BCUT2D eigenvalue weighted by atomic mass is 15.2. The van der Waals surface area contributed by atoms with Gasteiger partial charge in [-0.3, -0.25) is 0 Å². The van der Waals surface area contributed by atoms with Crippen LogP contribution in [0.5, 0.6) is 0 Å². The number of anilines is 2. The Kier molecular flexibility index (Phi) is 4.23. The van der Waals surface area contributed by atoms with Crippen LogP contribution in [0.3, 0.4) is 0 Å². The first-order valence-electron chi connectivity index (χ1n) is 8.55. The molecule has 4 rings (SSSR count). The molecule has 2 aromatic heterocycles. The molecule has 1 aliphatic rings. The monoisotopic (exact) mass is 319 g/mol. The molecule has 3 aromatic rings. The van der Waals surface area contributed by atoms with Gasteiger partial charge in [-0.1, -0.05) is 30.3 Å². The van der Waals surface area contributed by atoms with Crippen LogP contribution in [0.4, 0.5) is 11.8 Å². The topological polar surface area (TPSA) is 53.9 Å². The highest BCUT2D eigenvalue weighted by Gasteiger charge is 2.15. The van der Waals surface area contributed by atoms with E-state index in [0.29, 0.717) is 5.95 Å². The number of aromatic nitrogens is 3. The molecule has 5 heteroatoms. The van der Waals surface area contributed by atoms with Gasteiger partial charge in [0.1, 0.15) is 5.82 Å². The predicted molar refractivity (Wildman–Crippen MR) is 97.2 cm³/mol. The summed E-state index contributed by atoms with van der Waals surface area (Å²) in [5.41, 5.74) is 2.15. The van der Waals surface area contributed by atoms with Crippen molar-refractivity contribution >= 4 is 22.7 Å². The van der Waals surface area contributed by atoms with Crippen LogP contribution < -0.4 is 10.2 Å². The summed E-state index contributed by atoms with van der Waals surface area (Å²) in [6.07, 6.45) is 7.52. The molecule has 122 valence electrons. The third-order valence-electron chi connectivity index (χ3n) is 4.44. The van der Waals surface area contributed by atoms with Crippen LogP contribution in [-0.2, 0) is 6.54 Å². The zero-order valence-electron chi connectivity index (χ0n) is 13.7. The average Bonchev–Trinajstić information content (AvgIpc) is 2.67. The summed E-state index contributed by atoms with van der Waals surface area (Å²) < 4.78 is 0. The molecule has 0 bridgehead atoms. The minimum absolute atomic E-state index is 0.655. The maximum Gasteiger partial charge on any atom is 0.223 e. The number of piperidine rings is 1. The van der Waals surface area contributed by atoms with Gasteiger partial charge in [0.2, 0.25) is 5.95 Å².